The number of hydrogen-bond acceptors (Lipinski definition) is 2. The van der Waals surface area contributed by atoms with Gasteiger partial charge in [-0.3, -0.25) is 9.59 Å². The number of hydrogen-bond donors (Lipinski definition) is 0. The van der Waals surface area contributed by atoms with E-state index in [1.54, 1.807) is 11.9 Å². The Morgan fingerprint density at radius 2 is 1.83 bits per heavy atom. The molecular formula is C19H26N2O2. The standard InChI is InChI=1S/C19H26N2O2/c1-4-13(2)17-19(23)20(3)16-12-8-7-11-15(16)18(22)21(17)14-9-5-6-10-14/h7-8,11-14,17H,4-6,9-10H2,1-3H3. The van der Waals surface area contributed by atoms with Gasteiger partial charge in [0.25, 0.3) is 5.91 Å². The number of nitrogens with zero attached hydrogens (tertiary/aromatic N) is 2. The van der Waals surface area contributed by atoms with Crippen LogP contribution in [0, 0.1) is 5.92 Å². The highest BCUT2D eigenvalue weighted by Crippen LogP contribution is 2.35. The minimum absolute atomic E-state index is 0.0236. The Morgan fingerprint density at radius 1 is 1.17 bits per heavy atom. The lowest BCUT2D eigenvalue weighted by molar-refractivity contribution is -0.125. The van der Waals surface area contributed by atoms with Gasteiger partial charge >= 0.3 is 0 Å². The maximum Gasteiger partial charge on any atom is 0.256 e. The van der Waals surface area contributed by atoms with Gasteiger partial charge in [0.15, 0.2) is 0 Å². The van der Waals surface area contributed by atoms with Gasteiger partial charge in [0, 0.05) is 13.1 Å². The van der Waals surface area contributed by atoms with E-state index < -0.39 is 0 Å². The van der Waals surface area contributed by atoms with E-state index >= 15 is 0 Å². The number of anilines is 1. The van der Waals surface area contributed by atoms with Crippen LogP contribution in [0.15, 0.2) is 24.3 Å². The molecule has 0 bridgehead atoms. The average Bonchev–Trinajstić information content (AvgIpc) is 3.08. The van der Waals surface area contributed by atoms with Crippen molar-refractivity contribution in [2.24, 2.45) is 5.92 Å². The van der Waals surface area contributed by atoms with E-state index in [4.69, 9.17) is 0 Å². The fraction of sp³-hybridized carbons (Fsp3) is 0.579. The Morgan fingerprint density at radius 3 is 2.48 bits per heavy atom. The molecule has 1 aromatic carbocycles. The van der Waals surface area contributed by atoms with Crippen molar-refractivity contribution in [3.05, 3.63) is 29.8 Å². The van der Waals surface area contributed by atoms with E-state index in [-0.39, 0.29) is 29.8 Å². The first-order chi connectivity index (χ1) is 11.1. The van der Waals surface area contributed by atoms with Crippen molar-refractivity contribution >= 4 is 17.5 Å². The molecule has 1 heterocycles. The van der Waals surface area contributed by atoms with E-state index in [0.29, 0.717) is 5.56 Å². The molecule has 0 spiro atoms. The van der Waals surface area contributed by atoms with Crippen LogP contribution in [-0.4, -0.2) is 35.8 Å². The van der Waals surface area contributed by atoms with Crippen molar-refractivity contribution in [3.8, 4) is 0 Å². The second-order valence-corrected chi connectivity index (χ2v) is 6.90. The zero-order chi connectivity index (χ0) is 16.6. The zero-order valence-electron chi connectivity index (χ0n) is 14.3. The summed E-state index contributed by atoms with van der Waals surface area (Å²) in [6.07, 6.45) is 5.20. The quantitative estimate of drug-likeness (QED) is 0.857. The summed E-state index contributed by atoms with van der Waals surface area (Å²) in [5.41, 5.74) is 1.39. The first-order valence-electron chi connectivity index (χ1n) is 8.75. The van der Waals surface area contributed by atoms with Gasteiger partial charge in [-0.15, -0.1) is 0 Å². The Labute approximate surface area is 138 Å². The highest BCUT2D eigenvalue weighted by molar-refractivity contribution is 6.10. The summed E-state index contributed by atoms with van der Waals surface area (Å²) in [6.45, 7) is 4.18. The SMILES string of the molecule is CCC(C)C1C(=O)N(C)c2ccccc2C(=O)N1C1CCCC1. The van der Waals surface area contributed by atoms with Gasteiger partial charge in [0.2, 0.25) is 5.91 Å². The molecule has 23 heavy (non-hydrogen) atoms. The zero-order valence-corrected chi connectivity index (χ0v) is 14.3. The molecule has 3 rings (SSSR count). The van der Waals surface area contributed by atoms with Gasteiger partial charge in [-0.25, -0.2) is 0 Å². The molecule has 0 N–H and O–H groups in total. The number of rotatable bonds is 3. The maximum absolute atomic E-state index is 13.3. The minimum atomic E-state index is -0.354. The number of amides is 2. The molecule has 2 aliphatic rings. The molecule has 4 heteroatoms. The lowest BCUT2D eigenvalue weighted by Crippen LogP contribution is -2.54. The lowest BCUT2D eigenvalue weighted by atomic mass is 9.94. The van der Waals surface area contributed by atoms with Crippen LogP contribution in [-0.2, 0) is 4.79 Å². The second kappa shape index (κ2) is 6.34. The van der Waals surface area contributed by atoms with Crippen molar-refractivity contribution in [1.82, 2.24) is 4.90 Å². The third-order valence-corrected chi connectivity index (χ3v) is 5.51. The van der Waals surface area contributed by atoms with Crippen LogP contribution in [0.4, 0.5) is 5.69 Å². The van der Waals surface area contributed by atoms with Crippen LogP contribution < -0.4 is 4.90 Å². The summed E-state index contributed by atoms with van der Waals surface area (Å²) in [4.78, 5) is 30.0. The molecule has 0 radical (unpaired) electrons. The number of para-hydroxylation sites is 1. The van der Waals surface area contributed by atoms with Crippen LogP contribution in [0.3, 0.4) is 0 Å². The monoisotopic (exact) mass is 314 g/mol. The van der Waals surface area contributed by atoms with Crippen molar-refractivity contribution in [2.45, 2.75) is 58.0 Å². The van der Waals surface area contributed by atoms with E-state index in [2.05, 4.69) is 13.8 Å². The molecule has 1 saturated carbocycles. The highest BCUT2D eigenvalue weighted by Gasteiger charge is 2.43. The van der Waals surface area contributed by atoms with E-state index in [0.717, 1.165) is 37.8 Å². The summed E-state index contributed by atoms with van der Waals surface area (Å²) in [6, 6.07) is 7.34. The van der Waals surface area contributed by atoms with Gasteiger partial charge in [-0.2, -0.15) is 0 Å². The molecule has 2 amide bonds. The van der Waals surface area contributed by atoms with Crippen molar-refractivity contribution in [1.29, 1.82) is 0 Å². The summed E-state index contributed by atoms with van der Waals surface area (Å²) in [7, 11) is 1.79. The number of carbonyl (C=O) groups is 2. The molecule has 0 saturated heterocycles. The second-order valence-electron chi connectivity index (χ2n) is 6.90. The molecule has 2 atom stereocenters. The number of carbonyl (C=O) groups excluding carboxylic acids is 2. The maximum atomic E-state index is 13.3. The minimum Gasteiger partial charge on any atom is -0.323 e. The summed E-state index contributed by atoms with van der Waals surface area (Å²) in [5.74, 6) is 0.226. The van der Waals surface area contributed by atoms with E-state index in [1.165, 1.54) is 0 Å². The Hall–Kier alpha value is -1.84. The van der Waals surface area contributed by atoms with E-state index in [9.17, 15) is 9.59 Å². The Balaban J connectivity index is 2.12. The van der Waals surface area contributed by atoms with Crippen molar-refractivity contribution in [3.63, 3.8) is 0 Å². The highest BCUT2D eigenvalue weighted by atomic mass is 16.2. The third-order valence-electron chi connectivity index (χ3n) is 5.51. The van der Waals surface area contributed by atoms with Gasteiger partial charge in [0.1, 0.15) is 6.04 Å². The van der Waals surface area contributed by atoms with Gasteiger partial charge in [0.05, 0.1) is 11.3 Å². The fourth-order valence-corrected chi connectivity index (χ4v) is 3.96. The van der Waals surface area contributed by atoms with Crippen LogP contribution in [0.2, 0.25) is 0 Å². The predicted molar refractivity (Wildman–Crippen MR) is 91.5 cm³/mol. The number of benzene rings is 1. The van der Waals surface area contributed by atoms with Crippen LogP contribution >= 0.6 is 0 Å². The Kier molecular flexibility index (Phi) is 4.42. The summed E-state index contributed by atoms with van der Waals surface area (Å²) < 4.78 is 0. The molecule has 1 fully saturated rings. The summed E-state index contributed by atoms with van der Waals surface area (Å²) >= 11 is 0. The molecule has 4 nitrogen and oxygen atoms in total. The lowest BCUT2D eigenvalue weighted by Gasteiger charge is -2.37. The number of likely N-dealkylation sites (N-methyl/N-ethyl adjacent to an activating group) is 1. The summed E-state index contributed by atoms with van der Waals surface area (Å²) in [5, 5.41) is 0. The third kappa shape index (κ3) is 2.64. The number of fused-ring (bicyclic) bond motifs is 1. The molecule has 1 aliphatic carbocycles. The van der Waals surface area contributed by atoms with Gasteiger partial charge in [-0.05, 0) is 30.9 Å². The molecule has 1 aliphatic heterocycles. The fourth-order valence-electron chi connectivity index (χ4n) is 3.96. The first kappa shape index (κ1) is 16.0. The smallest absolute Gasteiger partial charge is 0.256 e. The molecule has 2 unspecified atom stereocenters. The van der Waals surface area contributed by atoms with Gasteiger partial charge in [-0.1, -0.05) is 45.2 Å². The van der Waals surface area contributed by atoms with Crippen molar-refractivity contribution < 1.29 is 9.59 Å². The Bertz CT molecular complexity index is 607. The van der Waals surface area contributed by atoms with E-state index in [1.807, 2.05) is 29.2 Å². The molecule has 0 aromatic heterocycles. The molecule has 124 valence electrons. The normalized spacial score (nSPS) is 23.9. The van der Waals surface area contributed by atoms with Crippen LogP contribution in [0.1, 0.15) is 56.3 Å². The van der Waals surface area contributed by atoms with Crippen LogP contribution in [0.25, 0.3) is 0 Å². The average molecular weight is 314 g/mol. The largest absolute Gasteiger partial charge is 0.323 e. The van der Waals surface area contributed by atoms with Crippen LogP contribution in [0.5, 0.6) is 0 Å². The molecule has 1 aromatic rings. The van der Waals surface area contributed by atoms with Gasteiger partial charge < -0.3 is 9.80 Å². The molecular weight excluding hydrogens is 288 g/mol. The van der Waals surface area contributed by atoms with Crippen molar-refractivity contribution in [2.75, 3.05) is 11.9 Å². The predicted octanol–water partition coefficient (Wildman–Crippen LogP) is 3.46. The topological polar surface area (TPSA) is 40.6 Å². The first-order valence-corrected chi connectivity index (χ1v) is 8.75.